The highest BCUT2D eigenvalue weighted by molar-refractivity contribution is 5.79. The lowest BCUT2D eigenvalue weighted by molar-refractivity contribution is -0.0290. The maximum Gasteiger partial charge on any atom is 0.407 e. The zero-order valence-corrected chi connectivity index (χ0v) is 38.7. The van der Waals surface area contributed by atoms with Gasteiger partial charge in [0, 0.05) is 19.1 Å². The molecule has 0 unspecified atom stereocenters. The fourth-order valence-electron chi connectivity index (χ4n) is 6.42. The van der Waals surface area contributed by atoms with Crippen LogP contribution < -0.4 is 5.32 Å². The van der Waals surface area contributed by atoms with Gasteiger partial charge in [-0.05, 0) is 28.7 Å². The van der Waals surface area contributed by atoms with Crippen LogP contribution in [-0.4, -0.2) is 191 Å². The molecule has 0 radical (unpaired) electrons. The maximum absolute atomic E-state index is 12.3. The van der Waals surface area contributed by atoms with E-state index in [2.05, 4.69) is 36.5 Å². The molecule has 16 heteroatoms. The molecule has 3 rings (SSSR count). The van der Waals surface area contributed by atoms with Gasteiger partial charge in [0.25, 0.3) is 0 Å². The van der Waals surface area contributed by atoms with Gasteiger partial charge < -0.3 is 71.6 Å². The molecule has 0 spiro atoms. The number of amides is 1. The lowest BCUT2D eigenvalue weighted by Crippen LogP contribution is -2.29. The van der Waals surface area contributed by atoms with E-state index < -0.39 is 6.09 Å². The monoisotopic (exact) mass is 910 g/mol. The topological polar surface area (TPSA) is 158 Å². The molecule has 1 N–H and O–H groups in total. The molecule has 16 nitrogen and oxygen atoms in total. The Morgan fingerprint density at radius 1 is 0.391 bits per heavy atom. The second-order valence-electron chi connectivity index (χ2n) is 14.6. The third kappa shape index (κ3) is 29.0. The number of hydrogen-bond acceptors (Lipinski definition) is 15. The highest BCUT2D eigenvalue weighted by Gasteiger charge is 2.29. The Morgan fingerprint density at radius 2 is 0.688 bits per heavy atom. The van der Waals surface area contributed by atoms with E-state index >= 15 is 0 Å². The predicted octanol–water partition coefficient (Wildman–Crippen LogP) is 5.71. The molecular formula is C48H79NO15. The van der Waals surface area contributed by atoms with Crippen LogP contribution >= 0.6 is 0 Å². The van der Waals surface area contributed by atoms with Crippen LogP contribution in [0.3, 0.4) is 0 Å². The number of ether oxygens (including phenoxy) is 14. The summed E-state index contributed by atoms with van der Waals surface area (Å²) >= 11 is 0. The van der Waals surface area contributed by atoms with Crippen molar-refractivity contribution < 1.29 is 71.1 Å². The minimum atomic E-state index is -0.453. The van der Waals surface area contributed by atoms with Gasteiger partial charge in [0.15, 0.2) is 0 Å². The Labute approximate surface area is 382 Å². The summed E-state index contributed by atoms with van der Waals surface area (Å²) in [6.45, 7) is 16.2. The summed E-state index contributed by atoms with van der Waals surface area (Å²) in [5, 5.41) is 2.75. The molecule has 0 saturated carbocycles. The molecule has 0 heterocycles. The van der Waals surface area contributed by atoms with Crippen molar-refractivity contribution in [1.82, 2.24) is 5.32 Å². The number of hydrogen-bond donors (Lipinski definition) is 1. The van der Waals surface area contributed by atoms with Crippen molar-refractivity contribution in [1.29, 1.82) is 0 Å². The summed E-state index contributed by atoms with van der Waals surface area (Å²) in [5.41, 5.74) is 4.77. The minimum Gasteiger partial charge on any atom is -0.449 e. The fraction of sp³-hybridized carbons (Fsp3) is 0.729. The second-order valence-corrected chi connectivity index (χ2v) is 14.6. The standard InChI is InChI=1S/C48H79NO15/c1-2-3-4-5-10-16-51-18-20-53-22-24-55-26-28-57-30-32-59-34-36-61-38-40-63-41-39-62-37-35-60-33-31-58-29-27-56-25-23-54-21-19-52-17-15-49-48(50)64-42-47-45-13-8-6-11-43(45)44-12-7-9-14-46(44)47/h6-9,11-14,47H,2-5,10,15-42H2,1H3,(H,49,50). The number of nitrogens with one attached hydrogen (secondary N) is 1. The summed E-state index contributed by atoms with van der Waals surface area (Å²) in [6.07, 6.45) is 5.80. The minimum absolute atomic E-state index is 0.0345. The first-order valence-electron chi connectivity index (χ1n) is 23.4. The van der Waals surface area contributed by atoms with Crippen molar-refractivity contribution in [3.05, 3.63) is 59.7 Å². The molecule has 0 aliphatic heterocycles. The van der Waals surface area contributed by atoms with Crippen LogP contribution in [0.15, 0.2) is 48.5 Å². The Bertz CT molecular complexity index is 1310. The van der Waals surface area contributed by atoms with Crippen molar-refractivity contribution >= 4 is 6.09 Å². The molecular weight excluding hydrogens is 831 g/mol. The Balaban J connectivity index is 0.904. The summed E-state index contributed by atoms with van der Waals surface area (Å²) in [5.74, 6) is 0.0345. The molecule has 1 amide bonds. The average molecular weight is 910 g/mol. The number of carbonyl (C=O) groups is 1. The van der Waals surface area contributed by atoms with Gasteiger partial charge >= 0.3 is 6.09 Å². The molecule has 2 aromatic carbocycles. The van der Waals surface area contributed by atoms with Crippen molar-refractivity contribution in [2.75, 3.05) is 185 Å². The quantitative estimate of drug-likeness (QED) is 0.0805. The first kappa shape index (κ1) is 55.5. The first-order chi connectivity index (χ1) is 31.8. The van der Waals surface area contributed by atoms with Gasteiger partial charge in [0.2, 0.25) is 0 Å². The lowest BCUT2D eigenvalue weighted by atomic mass is 9.98. The van der Waals surface area contributed by atoms with Crippen LogP contribution in [0.1, 0.15) is 56.1 Å². The summed E-state index contributed by atoms with van der Waals surface area (Å²) in [4.78, 5) is 12.3. The van der Waals surface area contributed by atoms with Crippen molar-refractivity contribution in [3.63, 3.8) is 0 Å². The highest BCUT2D eigenvalue weighted by Crippen LogP contribution is 2.44. The second kappa shape index (κ2) is 41.6. The molecule has 0 atom stereocenters. The van der Waals surface area contributed by atoms with E-state index in [4.69, 9.17) is 66.3 Å². The Kier molecular flexibility index (Phi) is 36.1. The van der Waals surface area contributed by atoms with Crippen LogP contribution in [0.5, 0.6) is 0 Å². The molecule has 64 heavy (non-hydrogen) atoms. The van der Waals surface area contributed by atoms with Gasteiger partial charge in [-0.3, -0.25) is 0 Å². The largest absolute Gasteiger partial charge is 0.449 e. The number of benzene rings is 2. The zero-order chi connectivity index (χ0) is 45.1. The van der Waals surface area contributed by atoms with Crippen LogP contribution in [0.25, 0.3) is 11.1 Å². The van der Waals surface area contributed by atoms with Crippen molar-refractivity contribution in [2.45, 2.75) is 44.9 Å². The molecule has 2 aromatic rings. The van der Waals surface area contributed by atoms with E-state index in [9.17, 15) is 4.79 Å². The normalized spacial score (nSPS) is 12.2. The van der Waals surface area contributed by atoms with E-state index in [1.165, 1.54) is 47.9 Å². The number of carbonyl (C=O) groups excluding carboxylic acids is 1. The van der Waals surface area contributed by atoms with E-state index in [1.807, 2.05) is 24.3 Å². The molecule has 0 saturated heterocycles. The third-order valence-corrected chi connectivity index (χ3v) is 9.72. The Morgan fingerprint density at radius 3 is 1.03 bits per heavy atom. The highest BCUT2D eigenvalue weighted by atomic mass is 16.6. The number of rotatable bonds is 47. The summed E-state index contributed by atoms with van der Waals surface area (Å²) in [7, 11) is 0. The Hall–Kier alpha value is -2.81. The van der Waals surface area contributed by atoms with Gasteiger partial charge in [-0.15, -0.1) is 0 Å². The van der Waals surface area contributed by atoms with Crippen molar-refractivity contribution in [2.24, 2.45) is 0 Å². The van der Waals surface area contributed by atoms with Crippen LogP contribution in [0.4, 0.5) is 4.79 Å². The van der Waals surface area contributed by atoms with Crippen LogP contribution in [0, 0.1) is 0 Å². The summed E-state index contributed by atoms with van der Waals surface area (Å²) in [6, 6.07) is 16.5. The predicted molar refractivity (Wildman–Crippen MR) is 242 cm³/mol. The fourth-order valence-corrected chi connectivity index (χ4v) is 6.42. The lowest BCUT2D eigenvalue weighted by Gasteiger charge is -2.14. The van der Waals surface area contributed by atoms with E-state index in [1.54, 1.807) is 0 Å². The average Bonchev–Trinajstić information content (AvgIpc) is 3.64. The van der Waals surface area contributed by atoms with Gasteiger partial charge in [0.05, 0.1) is 165 Å². The maximum atomic E-state index is 12.3. The van der Waals surface area contributed by atoms with Crippen molar-refractivity contribution in [3.8, 4) is 11.1 Å². The SMILES string of the molecule is CCCCCCCOCCOCCOCCOCCOCCOCCOCCOCCOCCOCCOCCOCCOCCNC(=O)OCC1c2ccccc2-c2ccccc21. The number of fused-ring (bicyclic) bond motifs is 3. The van der Waals surface area contributed by atoms with Gasteiger partial charge in [-0.25, -0.2) is 4.79 Å². The molecule has 0 aromatic heterocycles. The van der Waals surface area contributed by atoms with Crippen LogP contribution in [0.2, 0.25) is 0 Å². The smallest absolute Gasteiger partial charge is 0.407 e. The summed E-state index contributed by atoms with van der Waals surface area (Å²) < 4.78 is 77.3. The van der Waals surface area contributed by atoms with E-state index in [0.717, 1.165) is 13.0 Å². The third-order valence-electron chi connectivity index (χ3n) is 9.72. The van der Waals surface area contributed by atoms with E-state index in [-0.39, 0.29) is 12.5 Å². The molecule has 0 fully saturated rings. The van der Waals surface area contributed by atoms with Gasteiger partial charge in [-0.1, -0.05) is 81.1 Å². The van der Waals surface area contributed by atoms with Gasteiger partial charge in [0.1, 0.15) is 6.61 Å². The molecule has 1 aliphatic rings. The number of unbranched alkanes of at least 4 members (excludes halogenated alkanes) is 4. The van der Waals surface area contributed by atoms with Gasteiger partial charge in [-0.2, -0.15) is 0 Å². The number of alkyl carbamates (subject to hydrolysis) is 1. The zero-order valence-electron chi connectivity index (χ0n) is 38.7. The van der Waals surface area contributed by atoms with E-state index in [0.29, 0.717) is 172 Å². The molecule has 0 bridgehead atoms. The molecule has 1 aliphatic carbocycles. The van der Waals surface area contributed by atoms with Crippen LogP contribution in [-0.2, 0) is 66.3 Å². The first-order valence-corrected chi connectivity index (χ1v) is 23.4. The molecule has 366 valence electrons.